The summed E-state index contributed by atoms with van der Waals surface area (Å²) in [5, 5.41) is 12.4. The Morgan fingerprint density at radius 1 is 1.32 bits per heavy atom. The van der Waals surface area contributed by atoms with Crippen molar-refractivity contribution in [3.63, 3.8) is 0 Å². The Kier molecular flexibility index (Phi) is 4.72. The van der Waals surface area contributed by atoms with Crippen LogP contribution < -0.4 is 5.32 Å². The van der Waals surface area contributed by atoms with Crippen molar-refractivity contribution < 1.29 is 32.2 Å². The summed E-state index contributed by atoms with van der Waals surface area (Å²) < 4.78 is 56.6. The summed E-state index contributed by atoms with van der Waals surface area (Å²) in [4.78, 5) is 11.9. The highest BCUT2D eigenvalue weighted by molar-refractivity contribution is 5.95. The van der Waals surface area contributed by atoms with Gasteiger partial charge < -0.3 is 15.2 Å². The van der Waals surface area contributed by atoms with Gasteiger partial charge in [0.15, 0.2) is 0 Å². The summed E-state index contributed by atoms with van der Waals surface area (Å²) in [6.45, 7) is 0.442. The second kappa shape index (κ2) is 6.21. The van der Waals surface area contributed by atoms with Crippen molar-refractivity contribution in [2.45, 2.75) is 24.6 Å². The van der Waals surface area contributed by atoms with Crippen LogP contribution in [-0.4, -0.2) is 36.4 Å². The molecule has 4 nitrogen and oxygen atoms in total. The van der Waals surface area contributed by atoms with Gasteiger partial charge in [-0.3, -0.25) is 4.79 Å². The molecule has 22 heavy (non-hydrogen) atoms. The highest BCUT2D eigenvalue weighted by atomic mass is 19.4. The fourth-order valence-electron chi connectivity index (χ4n) is 2.22. The van der Waals surface area contributed by atoms with Crippen LogP contribution in [0.3, 0.4) is 0 Å². The van der Waals surface area contributed by atoms with Gasteiger partial charge in [-0.05, 0) is 18.2 Å². The molecule has 2 rings (SSSR count). The third kappa shape index (κ3) is 3.95. The normalized spacial score (nSPS) is 18.0. The highest BCUT2D eigenvalue weighted by Gasteiger charge is 2.36. The van der Waals surface area contributed by atoms with Crippen LogP contribution in [-0.2, 0) is 10.9 Å². The molecule has 1 aromatic rings. The Morgan fingerprint density at radius 2 is 1.95 bits per heavy atom. The molecule has 0 aliphatic carbocycles. The average Bonchev–Trinajstić information content (AvgIpc) is 2.45. The molecule has 0 bridgehead atoms. The number of carbonyl (C=O) groups excluding carboxylic acids is 1. The van der Waals surface area contributed by atoms with E-state index in [0.29, 0.717) is 13.2 Å². The van der Waals surface area contributed by atoms with Crippen LogP contribution >= 0.6 is 0 Å². The Labute approximate surface area is 124 Å². The molecule has 0 aromatic heterocycles. The molecule has 1 aliphatic heterocycles. The lowest BCUT2D eigenvalue weighted by atomic mass is 9.94. The number of halogens is 4. The van der Waals surface area contributed by atoms with E-state index in [-0.39, 0.29) is 25.5 Å². The summed E-state index contributed by atoms with van der Waals surface area (Å²) in [5.74, 6) is -2.08. The zero-order valence-electron chi connectivity index (χ0n) is 11.5. The van der Waals surface area contributed by atoms with E-state index in [4.69, 9.17) is 4.74 Å². The summed E-state index contributed by atoms with van der Waals surface area (Å²) >= 11 is 0. The minimum absolute atomic E-state index is 0.191. The third-order valence-corrected chi connectivity index (χ3v) is 3.53. The molecule has 1 heterocycles. The lowest BCUT2D eigenvalue weighted by Gasteiger charge is -2.32. The summed E-state index contributed by atoms with van der Waals surface area (Å²) in [6, 6.07) is 1.84. The molecular formula is C14H15F4NO3. The Bertz CT molecular complexity index is 554. The van der Waals surface area contributed by atoms with E-state index in [1.54, 1.807) is 0 Å². The van der Waals surface area contributed by atoms with Crippen LogP contribution in [0.5, 0.6) is 0 Å². The number of carbonyl (C=O) groups is 1. The molecule has 122 valence electrons. The van der Waals surface area contributed by atoms with Crippen LogP contribution in [0.25, 0.3) is 0 Å². The van der Waals surface area contributed by atoms with Gasteiger partial charge in [-0.1, -0.05) is 0 Å². The second-order valence-corrected chi connectivity index (χ2v) is 5.21. The first-order valence-corrected chi connectivity index (χ1v) is 6.66. The third-order valence-electron chi connectivity index (χ3n) is 3.53. The van der Waals surface area contributed by atoms with Crippen LogP contribution in [0.2, 0.25) is 0 Å². The summed E-state index contributed by atoms with van der Waals surface area (Å²) in [5.41, 5.74) is -3.22. The van der Waals surface area contributed by atoms with Crippen LogP contribution in [0.1, 0.15) is 28.8 Å². The second-order valence-electron chi connectivity index (χ2n) is 5.21. The molecule has 1 saturated heterocycles. The van der Waals surface area contributed by atoms with Crippen LogP contribution in [0.4, 0.5) is 17.6 Å². The number of hydrogen-bond donors (Lipinski definition) is 2. The average molecular weight is 321 g/mol. The first-order valence-electron chi connectivity index (χ1n) is 6.66. The first kappa shape index (κ1) is 16.7. The molecule has 0 atom stereocenters. The zero-order valence-corrected chi connectivity index (χ0v) is 11.5. The maximum Gasteiger partial charge on any atom is 0.417 e. The minimum Gasteiger partial charge on any atom is -0.388 e. The van der Waals surface area contributed by atoms with Gasteiger partial charge in [-0.25, -0.2) is 4.39 Å². The van der Waals surface area contributed by atoms with Gasteiger partial charge in [0, 0.05) is 32.6 Å². The van der Waals surface area contributed by atoms with Crippen molar-refractivity contribution in [2.75, 3.05) is 19.8 Å². The van der Waals surface area contributed by atoms with Crippen molar-refractivity contribution in [1.29, 1.82) is 0 Å². The maximum absolute atomic E-state index is 13.0. The number of benzene rings is 1. The lowest BCUT2D eigenvalue weighted by Crippen LogP contribution is -2.46. The predicted octanol–water partition coefficient (Wildman–Crippen LogP) is 2.12. The first-order chi connectivity index (χ1) is 10.2. The van der Waals surface area contributed by atoms with E-state index in [0.717, 1.165) is 12.1 Å². The fraction of sp³-hybridized carbons (Fsp3) is 0.500. The smallest absolute Gasteiger partial charge is 0.388 e. The van der Waals surface area contributed by atoms with Crippen molar-refractivity contribution in [3.05, 3.63) is 35.1 Å². The molecule has 1 fully saturated rings. The molecule has 1 amide bonds. The van der Waals surface area contributed by atoms with Gasteiger partial charge in [0.05, 0.1) is 16.7 Å². The minimum atomic E-state index is -4.84. The fourth-order valence-corrected chi connectivity index (χ4v) is 2.22. The molecule has 1 aromatic carbocycles. The van der Waals surface area contributed by atoms with Gasteiger partial charge in [-0.2, -0.15) is 13.2 Å². The number of ether oxygens (including phenoxy) is 1. The van der Waals surface area contributed by atoms with Gasteiger partial charge >= 0.3 is 6.18 Å². The van der Waals surface area contributed by atoms with Gasteiger partial charge in [0.1, 0.15) is 5.82 Å². The van der Waals surface area contributed by atoms with E-state index < -0.39 is 34.6 Å². The highest BCUT2D eigenvalue weighted by Crippen LogP contribution is 2.32. The van der Waals surface area contributed by atoms with Crippen LogP contribution in [0.15, 0.2) is 18.2 Å². The standard InChI is InChI=1S/C14H15F4NO3/c15-9-1-2-10(11(7-9)14(16,17)18)12(20)19-8-13(21)3-5-22-6-4-13/h1-2,7,21H,3-6,8H2,(H,19,20). The largest absolute Gasteiger partial charge is 0.417 e. The summed E-state index contributed by atoms with van der Waals surface area (Å²) in [6.07, 6.45) is -4.28. The number of hydrogen-bond acceptors (Lipinski definition) is 3. The SMILES string of the molecule is O=C(NCC1(O)CCOCC1)c1ccc(F)cc1C(F)(F)F. The number of aliphatic hydroxyl groups is 1. The molecule has 0 unspecified atom stereocenters. The quantitative estimate of drug-likeness (QED) is 0.839. The van der Waals surface area contributed by atoms with Crippen LogP contribution in [0, 0.1) is 5.82 Å². The van der Waals surface area contributed by atoms with Gasteiger partial charge in [0.2, 0.25) is 0 Å². The molecule has 0 radical (unpaired) electrons. The Hall–Kier alpha value is -1.67. The van der Waals surface area contributed by atoms with E-state index in [1.165, 1.54) is 0 Å². The van der Waals surface area contributed by atoms with Crippen molar-refractivity contribution in [1.82, 2.24) is 5.32 Å². The van der Waals surface area contributed by atoms with E-state index >= 15 is 0 Å². The van der Waals surface area contributed by atoms with Gasteiger partial charge in [-0.15, -0.1) is 0 Å². The predicted molar refractivity (Wildman–Crippen MR) is 68.7 cm³/mol. The number of alkyl halides is 3. The van der Waals surface area contributed by atoms with E-state index in [9.17, 15) is 27.5 Å². The molecule has 0 saturated carbocycles. The Balaban J connectivity index is 2.13. The Morgan fingerprint density at radius 3 is 2.55 bits per heavy atom. The monoisotopic (exact) mass is 321 g/mol. The molecular weight excluding hydrogens is 306 g/mol. The van der Waals surface area contributed by atoms with Gasteiger partial charge in [0.25, 0.3) is 5.91 Å². The zero-order chi connectivity index (χ0) is 16.4. The molecule has 0 spiro atoms. The lowest BCUT2D eigenvalue weighted by molar-refractivity contribution is -0.138. The molecule has 8 heteroatoms. The van der Waals surface area contributed by atoms with E-state index in [1.807, 2.05) is 0 Å². The number of nitrogens with one attached hydrogen (secondary N) is 1. The van der Waals surface area contributed by atoms with Crippen molar-refractivity contribution >= 4 is 5.91 Å². The number of amides is 1. The topological polar surface area (TPSA) is 58.6 Å². The van der Waals surface area contributed by atoms with Crippen molar-refractivity contribution in [2.24, 2.45) is 0 Å². The molecule has 1 aliphatic rings. The molecule has 2 N–H and O–H groups in total. The number of rotatable bonds is 3. The van der Waals surface area contributed by atoms with E-state index in [2.05, 4.69) is 5.32 Å². The van der Waals surface area contributed by atoms with Crippen molar-refractivity contribution in [3.8, 4) is 0 Å². The summed E-state index contributed by atoms with van der Waals surface area (Å²) in [7, 11) is 0. The maximum atomic E-state index is 13.0.